The average molecular weight is 1280 g/mol. The summed E-state index contributed by atoms with van der Waals surface area (Å²) in [5.41, 5.74) is 0. The second kappa shape index (κ2) is 62.4. The van der Waals surface area contributed by atoms with Crippen LogP contribution >= 0.6 is 15.6 Å². The molecule has 0 aliphatic heterocycles. The summed E-state index contributed by atoms with van der Waals surface area (Å²) in [6, 6.07) is 0. The number of carbonyl (C=O) groups excluding carboxylic acids is 4. The molecule has 512 valence electrons. The maximum atomic E-state index is 13.0. The van der Waals surface area contributed by atoms with Crippen LogP contribution in [-0.2, 0) is 65.4 Å². The van der Waals surface area contributed by atoms with Crippen molar-refractivity contribution >= 4 is 39.5 Å². The Kier molecular flexibility index (Phi) is 60.6. The van der Waals surface area contributed by atoms with Gasteiger partial charge in [0.1, 0.15) is 19.3 Å². The first kappa shape index (κ1) is 84.5. The second-order valence-electron chi connectivity index (χ2n) is 23.9. The van der Waals surface area contributed by atoms with Crippen LogP contribution in [0.1, 0.15) is 329 Å². The van der Waals surface area contributed by atoms with Crippen LogP contribution in [0, 0.1) is 0 Å². The molecular formula is C68H128O17P2. The molecule has 3 N–H and O–H groups in total. The number of aliphatic hydroxyl groups excluding tert-OH is 1. The van der Waals surface area contributed by atoms with Gasteiger partial charge in [-0.2, -0.15) is 0 Å². The Hall–Kier alpha value is -2.46. The number of allylic oxidation sites excluding steroid dienone is 4. The van der Waals surface area contributed by atoms with E-state index in [-0.39, 0.29) is 25.7 Å². The smallest absolute Gasteiger partial charge is 0.462 e. The lowest BCUT2D eigenvalue weighted by molar-refractivity contribution is -0.161. The van der Waals surface area contributed by atoms with Gasteiger partial charge in [0.15, 0.2) is 12.2 Å². The molecule has 0 spiro atoms. The fourth-order valence-corrected chi connectivity index (χ4v) is 11.4. The molecule has 0 amide bonds. The minimum Gasteiger partial charge on any atom is -0.462 e. The van der Waals surface area contributed by atoms with Gasteiger partial charge in [0.05, 0.1) is 26.4 Å². The van der Waals surface area contributed by atoms with E-state index in [1.54, 1.807) is 0 Å². The van der Waals surface area contributed by atoms with Gasteiger partial charge in [0, 0.05) is 25.7 Å². The predicted molar refractivity (Wildman–Crippen MR) is 349 cm³/mol. The van der Waals surface area contributed by atoms with Crippen molar-refractivity contribution in [2.75, 3.05) is 39.6 Å². The zero-order valence-electron chi connectivity index (χ0n) is 55.5. The average Bonchev–Trinajstić information content (AvgIpc) is 3.68. The Morgan fingerprint density at radius 1 is 0.322 bits per heavy atom. The summed E-state index contributed by atoms with van der Waals surface area (Å²) in [4.78, 5) is 72.3. The maximum Gasteiger partial charge on any atom is 0.472 e. The van der Waals surface area contributed by atoms with Crippen molar-refractivity contribution in [3.63, 3.8) is 0 Å². The van der Waals surface area contributed by atoms with Gasteiger partial charge in [-0.25, -0.2) is 9.13 Å². The van der Waals surface area contributed by atoms with Gasteiger partial charge < -0.3 is 33.8 Å². The number of hydrogen-bond acceptors (Lipinski definition) is 15. The third kappa shape index (κ3) is 62.1. The van der Waals surface area contributed by atoms with E-state index in [1.165, 1.54) is 141 Å². The highest BCUT2D eigenvalue weighted by Crippen LogP contribution is 2.45. The molecule has 0 fully saturated rings. The topological polar surface area (TPSA) is 237 Å². The molecule has 0 rings (SSSR count). The lowest BCUT2D eigenvalue weighted by atomic mass is 10.0. The van der Waals surface area contributed by atoms with E-state index in [9.17, 15) is 43.2 Å². The van der Waals surface area contributed by atoms with Crippen molar-refractivity contribution in [2.24, 2.45) is 0 Å². The minimum atomic E-state index is -4.96. The summed E-state index contributed by atoms with van der Waals surface area (Å²) in [5.74, 6) is -2.16. The van der Waals surface area contributed by atoms with Crippen LogP contribution < -0.4 is 0 Å². The molecule has 17 nitrogen and oxygen atoms in total. The van der Waals surface area contributed by atoms with Crippen LogP contribution in [0.15, 0.2) is 24.3 Å². The molecule has 0 aromatic rings. The fraction of sp³-hybridized carbons (Fsp3) is 0.882. The third-order valence-corrected chi connectivity index (χ3v) is 17.1. The zero-order valence-corrected chi connectivity index (χ0v) is 57.3. The Morgan fingerprint density at radius 3 is 0.839 bits per heavy atom. The number of carbonyl (C=O) groups is 4. The Morgan fingerprint density at radius 2 is 0.552 bits per heavy atom. The number of hydrogen-bond donors (Lipinski definition) is 3. The summed E-state index contributed by atoms with van der Waals surface area (Å²) in [7, 11) is -9.90. The van der Waals surface area contributed by atoms with Gasteiger partial charge in [-0.15, -0.1) is 0 Å². The molecule has 0 saturated carbocycles. The number of aliphatic hydroxyl groups is 1. The van der Waals surface area contributed by atoms with Crippen LogP contribution in [0.5, 0.6) is 0 Å². The Balaban J connectivity index is 5.26. The highest BCUT2D eigenvalue weighted by Gasteiger charge is 2.30. The molecule has 0 bridgehead atoms. The van der Waals surface area contributed by atoms with Crippen molar-refractivity contribution in [1.82, 2.24) is 0 Å². The van der Waals surface area contributed by atoms with E-state index in [1.807, 2.05) is 0 Å². The summed E-state index contributed by atoms with van der Waals surface area (Å²) in [5, 5.41) is 10.6. The molecule has 0 aliphatic rings. The molecule has 0 aliphatic carbocycles. The second-order valence-corrected chi connectivity index (χ2v) is 26.8. The van der Waals surface area contributed by atoms with Gasteiger partial charge in [0.2, 0.25) is 0 Å². The Labute approximate surface area is 529 Å². The number of phosphoric acid groups is 2. The van der Waals surface area contributed by atoms with Gasteiger partial charge in [-0.1, -0.05) is 277 Å². The van der Waals surface area contributed by atoms with Crippen molar-refractivity contribution < 1.29 is 80.2 Å². The van der Waals surface area contributed by atoms with Crippen molar-refractivity contribution in [2.45, 2.75) is 348 Å². The molecule has 5 atom stereocenters. The van der Waals surface area contributed by atoms with E-state index in [4.69, 9.17) is 37.0 Å². The first-order valence-electron chi connectivity index (χ1n) is 35.1. The molecule has 0 heterocycles. The van der Waals surface area contributed by atoms with E-state index in [0.717, 1.165) is 109 Å². The molecule has 2 unspecified atom stereocenters. The molecule has 0 saturated heterocycles. The van der Waals surface area contributed by atoms with Gasteiger partial charge in [-0.05, 0) is 51.4 Å². The third-order valence-electron chi connectivity index (χ3n) is 15.2. The molecule has 19 heteroatoms. The van der Waals surface area contributed by atoms with Crippen molar-refractivity contribution in [1.29, 1.82) is 0 Å². The van der Waals surface area contributed by atoms with Crippen LogP contribution in [0.3, 0.4) is 0 Å². The van der Waals surface area contributed by atoms with E-state index < -0.39 is 97.5 Å². The number of rotatable bonds is 67. The molecule has 87 heavy (non-hydrogen) atoms. The normalized spacial score (nSPS) is 14.2. The maximum absolute atomic E-state index is 13.0. The van der Waals surface area contributed by atoms with Crippen LogP contribution in [0.4, 0.5) is 0 Å². The SMILES string of the molecule is CCCCCC/C=C\C=C/CCCCCCCC(=O)O[C@H](COC(=O)CCCCCCCCCCCCCCC)COP(=O)(O)OC[C@@H](O)COP(=O)(O)OC[C@@H](COC(=O)CCCCCCCCCC)OC(=O)CCCCCCCCCCCCC. The van der Waals surface area contributed by atoms with Crippen molar-refractivity contribution in [3.8, 4) is 0 Å². The molecular weight excluding hydrogens is 1150 g/mol. The van der Waals surface area contributed by atoms with Crippen LogP contribution in [0.25, 0.3) is 0 Å². The first-order valence-corrected chi connectivity index (χ1v) is 38.1. The van der Waals surface area contributed by atoms with Crippen LogP contribution in [-0.4, -0.2) is 96.7 Å². The van der Waals surface area contributed by atoms with Gasteiger partial charge in [0.25, 0.3) is 0 Å². The Bertz CT molecular complexity index is 1760. The standard InChI is InChI=1S/C68H128O17P2/c1-5-9-13-17-21-25-28-30-31-33-36-39-43-47-51-55-68(73)85-64(59-79-66(71)53-49-45-41-37-35-32-29-26-22-18-14-10-6-2)61-83-87(76,77)81-57-62(69)56-80-86(74,75)82-60-63(58-78-65(70)52-48-44-40-24-20-16-12-8-4)84-67(72)54-50-46-42-38-34-27-23-19-15-11-7-3/h25,28,30-31,62-64,69H,5-24,26-27,29,32-61H2,1-4H3,(H,74,75)(H,76,77)/b28-25-,31-30-/t62-,63+,64+/m0/s1. The molecule has 0 aromatic heterocycles. The van der Waals surface area contributed by atoms with Crippen molar-refractivity contribution in [3.05, 3.63) is 24.3 Å². The highest BCUT2D eigenvalue weighted by molar-refractivity contribution is 7.47. The minimum absolute atomic E-state index is 0.0857. The van der Waals surface area contributed by atoms with E-state index in [2.05, 4.69) is 52.0 Å². The van der Waals surface area contributed by atoms with Gasteiger partial charge in [-0.3, -0.25) is 37.3 Å². The number of phosphoric ester groups is 2. The highest BCUT2D eigenvalue weighted by atomic mass is 31.2. The van der Waals surface area contributed by atoms with E-state index >= 15 is 0 Å². The van der Waals surface area contributed by atoms with Gasteiger partial charge >= 0.3 is 39.5 Å². The van der Waals surface area contributed by atoms with Crippen LogP contribution in [0.2, 0.25) is 0 Å². The predicted octanol–water partition coefficient (Wildman–Crippen LogP) is 19.1. The number of esters is 4. The zero-order chi connectivity index (χ0) is 64.0. The van der Waals surface area contributed by atoms with E-state index in [0.29, 0.717) is 25.7 Å². The first-order chi connectivity index (χ1) is 42.2. The molecule has 0 aromatic carbocycles. The summed E-state index contributed by atoms with van der Waals surface area (Å²) < 4.78 is 68.1. The monoisotopic (exact) mass is 1280 g/mol. The summed E-state index contributed by atoms with van der Waals surface area (Å²) >= 11 is 0. The summed E-state index contributed by atoms with van der Waals surface area (Å²) in [6.07, 6.45) is 52.1. The quantitative estimate of drug-likeness (QED) is 0.0169. The lowest BCUT2D eigenvalue weighted by Gasteiger charge is -2.21. The lowest BCUT2D eigenvalue weighted by Crippen LogP contribution is -2.30. The number of ether oxygens (including phenoxy) is 4. The largest absolute Gasteiger partial charge is 0.472 e. The summed E-state index contributed by atoms with van der Waals surface area (Å²) in [6.45, 7) is 4.83. The molecule has 0 radical (unpaired) electrons. The fourth-order valence-electron chi connectivity index (χ4n) is 9.80. The number of unbranched alkanes of at least 4 members (excludes halogenated alkanes) is 38.